The van der Waals surface area contributed by atoms with Gasteiger partial charge in [-0.15, -0.1) is 0 Å². The summed E-state index contributed by atoms with van der Waals surface area (Å²) in [7, 11) is 0.800. The summed E-state index contributed by atoms with van der Waals surface area (Å²) in [6.07, 6.45) is 2.45. The second-order valence-electron chi connectivity index (χ2n) is 6.41. The number of hydrogen-bond acceptors (Lipinski definition) is 7. The molecule has 168 valence electrons. The normalized spacial score (nSPS) is 12.3. The topological polar surface area (TPSA) is 107 Å². The van der Waals surface area contributed by atoms with Gasteiger partial charge in [-0.1, -0.05) is 0 Å². The summed E-state index contributed by atoms with van der Waals surface area (Å²) in [5, 5.41) is 3.94. The van der Waals surface area contributed by atoms with E-state index >= 15 is 0 Å². The Kier molecular flexibility index (Phi) is 8.28. The third-order valence-electron chi connectivity index (χ3n) is 4.26. The Balaban J connectivity index is 2.20. The van der Waals surface area contributed by atoms with E-state index in [4.69, 9.17) is 14.2 Å². The molecule has 0 aliphatic heterocycles. The molecule has 0 radical (unpaired) electrons. The quantitative estimate of drug-likeness (QED) is 0.408. The number of sulfonamides is 1. The van der Waals surface area contributed by atoms with Crippen molar-refractivity contribution >= 4 is 43.8 Å². The van der Waals surface area contributed by atoms with E-state index < -0.39 is 22.0 Å². The highest BCUT2D eigenvalue weighted by Gasteiger charge is 2.29. The average Bonchev–Trinajstić information content (AvgIpc) is 2.72. The summed E-state index contributed by atoms with van der Waals surface area (Å²) in [5.41, 5.74) is 3.34. The van der Waals surface area contributed by atoms with E-state index in [0.717, 1.165) is 10.6 Å². The first-order valence-electron chi connectivity index (χ1n) is 9.00. The number of halogens is 1. The van der Waals surface area contributed by atoms with Crippen LogP contribution in [0.2, 0.25) is 0 Å². The summed E-state index contributed by atoms with van der Waals surface area (Å²) < 4.78 is 42.0. The summed E-state index contributed by atoms with van der Waals surface area (Å²) in [6, 6.07) is 8.74. The number of carbonyl (C=O) groups excluding carboxylic acids is 1. The Labute approximate surface area is 190 Å². The minimum atomic E-state index is -3.74. The van der Waals surface area contributed by atoms with Crippen molar-refractivity contribution in [2.75, 3.05) is 31.9 Å². The molecule has 0 aliphatic carbocycles. The number of benzene rings is 2. The van der Waals surface area contributed by atoms with Gasteiger partial charge < -0.3 is 14.2 Å². The number of carbonyl (C=O) groups is 1. The first-order chi connectivity index (χ1) is 14.6. The molecule has 0 saturated carbocycles. The lowest BCUT2D eigenvalue weighted by atomic mass is 10.2. The van der Waals surface area contributed by atoms with E-state index in [0.29, 0.717) is 33.0 Å². The molecule has 0 saturated heterocycles. The van der Waals surface area contributed by atoms with Crippen molar-refractivity contribution in [1.29, 1.82) is 0 Å². The van der Waals surface area contributed by atoms with Crippen molar-refractivity contribution in [2.24, 2.45) is 5.10 Å². The lowest BCUT2D eigenvalue weighted by Crippen LogP contribution is -2.46. The van der Waals surface area contributed by atoms with Gasteiger partial charge in [0.2, 0.25) is 10.0 Å². The van der Waals surface area contributed by atoms with Crippen LogP contribution in [0.25, 0.3) is 0 Å². The molecule has 2 rings (SSSR count). The number of amides is 1. The van der Waals surface area contributed by atoms with E-state index in [1.807, 2.05) is 0 Å². The minimum absolute atomic E-state index is 0.332. The number of nitrogens with zero attached hydrogens (tertiary/aromatic N) is 2. The van der Waals surface area contributed by atoms with Crippen LogP contribution in [0.3, 0.4) is 0 Å². The standard InChI is InChI=1S/C20H24BrN3O6S/c1-13(24(31(5,26)27)15-6-8-16(28-2)9-7-15)20(25)23-22-12-14-10-17(21)19(30-4)18(11-14)29-3/h6-13H,1-5H3,(H,23,25)/b22-12-/t13-/m0/s1. The van der Waals surface area contributed by atoms with Gasteiger partial charge in [0, 0.05) is 0 Å². The smallest absolute Gasteiger partial charge is 0.263 e. The molecule has 0 fully saturated rings. The third kappa shape index (κ3) is 6.11. The van der Waals surface area contributed by atoms with Crippen LogP contribution in [0.15, 0.2) is 46.0 Å². The third-order valence-corrected chi connectivity index (χ3v) is 6.09. The number of rotatable bonds is 9. The number of ether oxygens (including phenoxy) is 3. The molecule has 1 N–H and O–H groups in total. The molecule has 2 aromatic rings. The summed E-state index contributed by atoms with van der Waals surface area (Å²) >= 11 is 3.38. The minimum Gasteiger partial charge on any atom is -0.497 e. The van der Waals surface area contributed by atoms with Crippen LogP contribution in [0.4, 0.5) is 5.69 Å². The molecule has 11 heteroatoms. The number of nitrogens with one attached hydrogen (secondary N) is 1. The van der Waals surface area contributed by atoms with E-state index in [9.17, 15) is 13.2 Å². The highest BCUT2D eigenvalue weighted by Crippen LogP contribution is 2.35. The van der Waals surface area contributed by atoms with E-state index in [1.165, 1.54) is 34.5 Å². The van der Waals surface area contributed by atoms with E-state index in [2.05, 4.69) is 26.5 Å². The number of hydrazone groups is 1. The van der Waals surface area contributed by atoms with Gasteiger partial charge in [-0.05, 0) is 64.8 Å². The second kappa shape index (κ2) is 10.5. The lowest BCUT2D eigenvalue weighted by Gasteiger charge is -2.27. The molecule has 0 bridgehead atoms. The zero-order chi connectivity index (χ0) is 23.2. The average molecular weight is 514 g/mol. The van der Waals surface area contributed by atoms with Crippen molar-refractivity contribution in [3.05, 3.63) is 46.4 Å². The van der Waals surface area contributed by atoms with E-state index in [-0.39, 0.29) is 0 Å². The van der Waals surface area contributed by atoms with E-state index in [1.54, 1.807) is 36.4 Å². The van der Waals surface area contributed by atoms with Crippen LogP contribution >= 0.6 is 15.9 Å². The van der Waals surface area contributed by atoms with Gasteiger partial charge in [0.15, 0.2) is 11.5 Å². The fraction of sp³-hybridized carbons (Fsp3) is 0.300. The Morgan fingerprint density at radius 2 is 1.77 bits per heavy atom. The van der Waals surface area contributed by atoms with Crippen molar-refractivity contribution in [2.45, 2.75) is 13.0 Å². The highest BCUT2D eigenvalue weighted by molar-refractivity contribution is 9.10. The Bertz CT molecular complexity index is 1060. The zero-order valence-electron chi connectivity index (χ0n) is 17.7. The van der Waals surface area contributed by atoms with Crippen LogP contribution < -0.4 is 23.9 Å². The Morgan fingerprint density at radius 3 is 2.29 bits per heavy atom. The van der Waals surface area contributed by atoms with Gasteiger partial charge in [-0.25, -0.2) is 13.8 Å². The molecule has 9 nitrogen and oxygen atoms in total. The maximum Gasteiger partial charge on any atom is 0.263 e. The van der Waals surface area contributed by atoms with Gasteiger partial charge in [0.25, 0.3) is 5.91 Å². The fourth-order valence-electron chi connectivity index (χ4n) is 2.81. The van der Waals surface area contributed by atoms with Crippen molar-refractivity contribution in [3.63, 3.8) is 0 Å². The number of anilines is 1. The SMILES string of the molecule is COc1ccc(N([C@@H](C)C(=O)N/N=C\c2cc(Br)c(OC)c(OC)c2)S(C)(=O)=O)cc1. The molecule has 0 heterocycles. The van der Waals surface area contributed by atoms with Crippen LogP contribution in [0.5, 0.6) is 17.2 Å². The molecular formula is C20H24BrN3O6S. The molecule has 1 amide bonds. The van der Waals surface area contributed by atoms with Crippen molar-refractivity contribution < 1.29 is 27.4 Å². The summed E-state index contributed by atoms with van der Waals surface area (Å²) in [6.45, 7) is 1.48. The maximum atomic E-state index is 12.6. The van der Waals surface area contributed by atoms with Gasteiger partial charge >= 0.3 is 0 Å². The maximum absolute atomic E-state index is 12.6. The predicted octanol–water partition coefficient (Wildman–Crippen LogP) is 2.78. The second-order valence-corrected chi connectivity index (χ2v) is 9.12. The van der Waals surface area contributed by atoms with Crippen LogP contribution in [-0.4, -0.2) is 54.2 Å². The lowest BCUT2D eigenvalue weighted by molar-refractivity contribution is -0.121. The molecule has 31 heavy (non-hydrogen) atoms. The van der Waals surface area contributed by atoms with Gasteiger partial charge in [0.05, 0.1) is 44.0 Å². The highest BCUT2D eigenvalue weighted by atomic mass is 79.9. The predicted molar refractivity (Wildman–Crippen MR) is 123 cm³/mol. The Morgan fingerprint density at radius 1 is 1.13 bits per heavy atom. The van der Waals surface area contributed by atoms with Crippen LogP contribution in [0, 0.1) is 0 Å². The Hall–Kier alpha value is -2.79. The molecule has 2 aromatic carbocycles. The van der Waals surface area contributed by atoms with Crippen LogP contribution in [-0.2, 0) is 14.8 Å². The molecular weight excluding hydrogens is 490 g/mol. The largest absolute Gasteiger partial charge is 0.497 e. The number of hydrogen-bond donors (Lipinski definition) is 1. The molecule has 0 unspecified atom stereocenters. The van der Waals surface area contributed by atoms with Gasteiger partial charge in [-0.2, -0.15) is 5.10 Å². The van der Waals surface area contributed by atoms with Crippen molar-refractivity contribution in [3.8, 4) is 17.2 Å². The number of methoxy groups -OCH3 is 3. The van der Waals surface area contributed by atoms with Crippen molar-refractivity contribution in [1.82, 2.24) is 5.43 Å². The van der Waals surface area contributed by atoms with Gasteiger partial charge in [-0.3, -0.25) is 9.10 Å². The first-order valence-corrected chi connectivity index (χ1v) is 11.6. The first kappa shape index (κ1) is 24.5. The summed E-state index contributed by atoms with van der Waals surface area (Å²) in [5.74, 6) is 0.985. The molecule has 0 spiro atoms. The molecule has 0 aliphatic rings. The molecule has 0 aromatic heterocycles. The monoisotopic (exact) mass is 513 g/mol. The fourth-order valence-corrected chi connectivity index (χ4v) is 4.61. The zero-order valence-corrected chi connectivity index (χ0v) is 20.2. The summed E-state index contributed by atoms with van der Waals surface area (Å²) in [4.78, 5) is 12.6. The molecule has 1 atom stereocenters. The van der Waals surface area contributed by atoms with Crippen LogP contribution in [0.1, 0.15) is 12.5 Å². The van der Waals surface area contributed by atoms with Gasteiger partial charge in [0.1, 0.15) is 11.8 Å².